The highest BCUT2D eigenvalue weighted by atomic mass is 32.2. The van der Waals surface area contributed by atoms with Gasteiger partial charge in [-0.3, -0.25) is 19.2 Å². The summed E-state index contributed by atoms with van der Waals surface area (Å²) in [4.78, 5) is 12.5. The van der Waals surface area contributed by atoms with Crippen LogP contribution in [-0.2, 0) is 21.4 Å². The van der Waals surface area contributed by atoms with Gasteiger partial charge in [0, 0.05) is 24.2 Å². The minimum absolute atomic E-state index is 0.152. The van der Waals surface area contributed by atoms with Crippen LogP contribution in [0.1, 0.15) is 12.0 Å². The SMILES string of the molecule is COc1ccc(-c2n[nH]c(=S)n2CCC(=O)Nc2ccc(C)c(NS(C)(=O)=O)c2)cc1. The largest absolute Gasteiger partial charge is 0.497 e. The van der Waals surface area contributed by atoms with Gasteiger partial charge >= 0.3 is 0 Å². The van der Waals surface area contributed by atoms with Gasteiger partial charge in [-0.25, -0.2) is 8.42 Å². The zero-order valence-electron chi connectivity index (χ0n) is 17.3. The Kier molecular flexibility index (Phi) is 6.76. The van der Waals surface area contributed by atoms with Crippen LogP contribution in [-0.4, -0.2) is 42.5 Å². The third-order valence-electron chi connectivity index (χ3n) is 4.49. The highest BCUT2D eigenvalue weighted by Gasteiger charge is 2.12. The number of anilines is 2. The second kappa shape index (κ2) is 9.31. The Labute approximate surface area is 185 Å². The quantitative estimate of drug-likeness (QED) is 0.443. The van der Waals surface area contributed by atoms with E-state index in [2.05, 4.69) is 20.2 Å². The maximum absolute atomic E-state index is 12.5. The van der Waals surface area contributed by atoms with Crippen molar-refractivity contribution >= 4 is 39.5 Å². The van der Waals surface area contributed by atoms with Gasteiger partial charge in [0.1, 0.15) is 5.75 Å². The third kappa shape index (κ3) is 5.92. The first-order valence-corrected chi connectivity index (χ1v) is 11.6. The topological polar surface area (TPSA) is 118 Å². The van der Waals surface area contributed by atoms with Crippen LogP contribution in [0.15, 0.2) is 42.5 Å². The molecule has 164 valence electrons. The Morgan fingerprint density at radius 2 is 1.94 bits per heavy atom. The molecule has 2 aromatic carbocycles. The maximum Gasteiger partial charge on any atom is 0.229 e. The van der Waals surface area contributed by atoms with Crippen LogP contribution in [0.25, 0.3) is 11.4 Å². The lowest BCUT2D eigenvalue weighted by Gasteiger charge is -2.12. The summed E-state index contributed by atoms with van der Waals surface area (Å²) in [5.74, 6) is 1.11. The Hall–Kier alpha value is -3.18. The van der Waals surface area contributed by atoms with Crippen LogP contribution in [0.2, 0.25) is 0 Å². The van der Waals surface area contributed by atoms with Crippen molar-refractivity contribution in [1.29, 1.82) is 0 Å². The monoisotopic (exact) mass is 461 g/mol. The average molecular weight is 462 g/mol. The van der Waals surface area contributed by atoms with E-state index >= 15 is 0 Å². The first-order valence-electron chi connectivity index (χ1n) is 9.34. The van der Waals surface area contributed by atoms with Crippen molar-refractivity contribution in [3.63, 3.8) is 0 Å². The van der Waals surface area contributed by atoms with Gasteiger partial charge in [0.15, 0.2) is 10.6 Å². The Bertz CT molecular complexity index is 1250. The van der Waals surface area contributed by atoms with Crippen molar-refractivity contribution in [3.8, 4) is 17.1 Å². The van der Waals surface area contributed by atoms with E-state index in [0.29, 0.717) is 28.5 Å². The maximum atomic E-state index is 12.5. The molecule has 1 heterocycles. The summed E-state index contributed by atoms with van der Waals surface area (Å²) in [6.45, 7) is 2.10. The molecule has 0 saturated carbocycles. The lowest BCUT2D eigenvalue weighted by Crippen LogP contribution is -2.16. The average Bonchev–Trinajstić information content (AvgIpc) is 3.08. The summed E-state index contributed by atoms with van der Waals surface area (Å²) in [5, 5.41) is 9.81. The van der Waals surface area contributed by atoms with Crippen molar-refractivity contribution < 1.29 is 17.9 Å². The van der Waals surface area contributed by atoms with Crippen molar-refractivity contribution in [3.05, 3.63) is 52.8 Å². The lowest BCUT2D eigenvalue weighted by atomic mass is 10.2. The number of sulfonamides is 1. The van der Waals surface area contributed by atoms with Gasteiger partial charge in [-0.1, -0.05) is 6.07 Å². The number of hydrogen-bond donors (Lipinski definition) is 3. The van der Waals surface area contributed by atoms with Crippen LogP contribution < -0.4 is 14.8 Å². The van der Waals surface area contributed by atoms with E-state index in [1.54, 1.807) is 36.8 Å². The standard InChI is InChI=1S/C20H23N5O4S2/c1-13-4-7-15(12-17(13)24-31(3,27)28)21-18(26)10-11-25-19(22-23-20(25)30)14-5-8-16(29-2)9-6-14/h4-9,12,24H,10-11H2,1-3H3,(H,21,26)(H,23,30). The molecule has 0 saturated heterocycles. The van der Waals surface area contributed by atoms with Gasteiger partial charge in [-0.15, -0.1) is 0 Å². The minimum Gasteiger partial charge on any atom is -0.497 e. The molecule has 3 rings (SSSR count). The summed E-state index contributed by atoms with van der Waals surface area (Å²) in [5.41, 5.74) is 2.49. The second-order valence-electron chi connectivity index (χ2n) is 6.93. The van der Waals surface area contributed by atoms with Crippen LogP contribution in [0, 0.1) is 11.7 Å². The molecule has 0 atom stereocenters. The number of ether oxygens (including phenoxy) is 1. The van der Waals surface area contributed by atoms with Crippen LogP contribution in [0.5, 0.6) is 5.75 Å². The summed E-state index contributed by atoms with van der Waals surface area (Å²) in [6, 6.07) is 12.4. The van der Waals surface area contributed by atoms with E-state index in [4.69, 9.17) is 17.0 Å². The van der Waals surface area contributed by atoms with Gasteiger partial charge < -0.3 is 10.1 Å². The van der Waals surface area contributed by atoms with E-state index in [-0.39, 0.29) is 12.3 Å². The van der Waals surface area contributed by atoms with Crippen molar-refractivity contribution in [2.24, 2.45) is 0 Å². The zero-order chi connectivity index (χ0) is 22.6. The summed E-state index contributed by atoms with van der Waals surface area (Å²) in [7, 11) is -1.83. The number of H-pyrrole nitrogens is 1. The van der Waals surface area contributed by atoms with E-state index in [1.807, 2.05) is 24.3 Å². The highest BCUT2D eigenvalue weighted by Crippen LogP contribution is 2.23. The molecule has 0 radical (unpaired) electrons. The van der Waals surface area contributed by atoms with Crippen molar-refractivity contribution in [2.75, 3.05) is 23.4 Å². The minimum atomic E-state index is -3.42. The van der Waals surface area contributed by atoms with Gasteiger partial charge in [-0.05, 0) is 61.1 Å². The number of methoxy groups -OCH3 is 1. The molecule has 31 heavy (non-hydrogen) atoms. The molecular weight excluding hydrogens is 438 g/mol. The normalized spacial score (nSPS) is 11.2. The molecule has 0 aliphatic rings. The number of nitrogens with zero attached hydrogens (tertiary/aromatic N) is 2. The molecule has 1 amide bonds. The number of carbonyl (C=O) groups is 1. The predicted octanol–water partition coefficient (Wildman–Crippen LogP) is 3.33. The fourth-order valence-electron chi connectivity index (χ4n) is 2.93. The van der Waals surface area contributed by atoms with Crippen LogP contribution >= 0.6 is 12.2 Å². The smallest absolute Gasteiger partial charge is 0.229 e. The van der Waals surface area contributed by atoms with Crippen LogP contribution in [0.4, 0.5) is 11.4 Å². The molecule has 3 aromatic rings. The Morgan fingerprint density at radius 3 is 2.58 bits per heavy atom. The molecular formula is C20H23N5O4S2. The molecule has 11 heteroatoms. The van der Waals surface area contributed by atoms with Crippen molar-refractivity contribution in [2.45, 2.75) is 19.9 Å². The fraction of sp³-hybridized carbons (Fsp3) is 0.250. The second-order valence-corrected chi connectivity index (χ2v) is 9.07. The molecule has 3 N–H and O–H groups in total. The molecule has 0 aliphatic heterocycles. The first kappa shape index (κ1) is 22.5. The van der Waals surface area contributed by atoms with Gasteiger partial charge in [0.25, 0.3) is 0 Å². The number of aryl methyl sites for hydroxylation is 1. The Morgan fingerprint density at radius 1 is 1.23 bits per heavy atom. The number of aromatic nitrogens is 3. The molecule has 0 bridgehead atoms. The molecule has 0 fully saturated rings. The number of carbonyl (C=O) groups excluding carboxylic acids is 1. The molecule has 9 nitrogen and oxygen atoms in total. The van der Waals surface area contributed by atoms with E-state index < -0.39 is 10.0 Å². The van der Waals surface area contributed by atoms with Gasteiger partial charge in [0.05, 0.1) is 19.1 Å². The number of aromatic amines is 1. The summed E-state index contributed by atoms with van der Waals surface area (Å²) in [6.07, 6.45) is 1.23. The van der Waals surface area contributed by atoms with E-state index in [1.165, 1.54) is 0 Å². The number of amides is 1. The fourth-order valence-corrected chi connectivity index (χ4v) is 3.77. The van der Waals surface area contributed by atoms with Gasteiger partial charge in [-0.2, -0.15) is 5.10 Å². The number of nitrogens with one attached hydrogen (secondary N) is 3. The molecule has 0 unspecified atom stereocenters. The molecule has 1 aromatic heterocycles. The summed E-state index contributed by atoms with van der Waals surface area (Å²) < 4.78 is 32.8. The molecule has 0 spiro atoms. The number of hydrogen-bond acceptors (Lipinski definition) is 6. The highest BCUT2D eigenvalue weighted by molar-refractivity contribution is 7.92. The number of rotatable bonds is 8. The summed E-state index contributed by atoms with van der Waals surface area (Å²) >= 11 is 5.31. The third-order valence-corrected chi connectivity index (χ3v) is 5.39. The first-order chi connectivity index (χ1) is 14.7. The zero-order valence-corrected chi connectivity index (χ0v) is 18.9. The van der Waals surface area contributed by atoms with Crippen LogP contribution in [0.3, 0.4) is 0 Å². The van der Waals surface area contributed by atoms with Crippen molar-refractivity contribution in [1.82, 2.24) is 14.8 Å². The van der Waals surface area contributed by atoms with Gasteiger partial charge in [0.2, 0.25) is 15.9 Å². The molecule has 0 aliphatic carbocycles. The number of benzene rings is 2. The lowest BCUT2D eigenvalue weighted by molar-refractivity contribution is -0.116. The van der Waals surface area contributed by atoms with E-state index in [9.17, 15) is 13.2 Å². The predicted molar refractivity (Wildman–Crippen MR) is 122 cm³/mol. The Balaban J connectivity index is 1.70. The van der Waals surface area contributed by atoms with E-state index in [0.717, 1.165) is 23.1 Å².